The summed E-state index contributed by atoms with van der Waals surface area (Å²) >= 11 is 3.39. The summed E-state index contributed by atoms with van der Waals surface area (Å²) in [6.07, 6.45) is 2.79. The van der Waals surface area contributed by atoms with Gasteiger partial charge in [0.1, 0.15) is 12.3 Å². The van der Waals surface area contributed by atoms with Crippen LogP contribution in [-0.4, -0.2) is 22.7 Å². The Morgan fingerprint density at radius 1 is 1.39 bits per heavy atom. The molecule has 0 saturated heterocycles. The fourth-order valence-corrected chi connectivity index (χ4v) is 3.13. The molecular formula is C15H15BrN4O3. The van der Waals surface area contributed by atoms with Crippen molar-refractivity contribution in [2.24, 2.45) is 5.73 Å². The number of nitrogens with zero attached hydrogens (tertiary/aromatic N) is 3. The zero-order chi connectivity index (χ0) is 16.0. The minimum Gasteiger partial charge on any atom is -0.482 e. The highest BCUT2D eigenvalue weighted by molar-refractivity contribution is 9.10. The molecular weight excluding hydrogens is 364 g/mol. The SMILES string of the molecule is NC1(c2noc(CN3C(=O)COc4cc(Br)ccc43)n2)CCC1. The Balaban J connectivity index is 1.60. The van der Waals surface area contributed by atoms with Crippen molar-refractivity contribution >= 4 is 27.5 Å². The van der Waals surface area contributed by atoms with Crippen LogP contribution in [0.5, 0.6) is 5.75 Å². The molecule has 0 radical (unpaired) electrons. The molecule has 0 bridgehead atoms. The minimum atomic E-state index is -0.473. The van der Waals surface area contributed by atoms with Crippen molar-refractivity contribution < 1.29 is 14.1 Å². The lowest BCUT2D eigenvalue weighted by atomic mass is 9.77. The number of carbonyl (C=O) groups is 1. The molecule has 8 heteroatoms. The molecule has 0 unspecified atom stereocenters. The van der Waals surface area contributed by atoms with Crippen LogP contribution < -0.4 is 15.4 Å². The monoisotopic (exact) mass is 378 g/mol. The van der Waals surface area contributed by atoms with Crippen LogP contribution in [0.4, 0.5) is 5.69 Å². The third-order valence-electron chi connectivity index (χ3n) is 4.32. The van der Waals surface area contributed by atoms with Crippen LogP contribution in [0.2, 0.25) is 0 Å². The van der Waals surface area contributed by atoms with E-state index in [-0.39, 0.29) is 19.1 Å². The molecule has 4 rings (SSSR count). The molecule has 1 aliphatic heterocycles. The largest absolute Gasteiger partial charge is 0.482 e. The highest BCUT2D eigenvalue weighted by Gasteiger charge is 2.39. The number of hydrogen-bond donors (Lipinski definition) is 1. The number of hydrogen-bond acceptors (Lipinski definition) is 6. The number of fused-ring (bicyclic) bond motifs is 1. The average Bonchev–Trinajstić information content (AvgIpc) is 2.97. The van der Waals surface area contributed by atoms with Crippen LogP contribution in [-0.2, 0) is 16.9 Å². The van der Waals surface area contributed by atoms with Crippen LogP contribution in [0.25, 0.3) is 0 Å². The van der Waals surface area contributed by atoms with E-state index in [1.807, 2.05) is 18.2 Å². The molecule has 2 aromatic rings. The van der Waals surface area contributed by atoms with Crippen LogP contribution in [0.1, 0.15) is 31.0 Å². The van der Waals surface area contributed by atoms with Gasteiger partial charge < -0.3 is 15.0 Å². The Hall–Kier alpha value is -1.93. The van der Waals surface area contributed by atoms with E-state index in [4.69, 9.17) is 15.0 Å². The number of ether oxygens (including phenoxy) is 1. The van der Waals surface area contributed by atoms with Gasteiger partial charge in [-0.2, -0.15) is 4.98 Å². The maximum Gasteiger partial charge on any atom is 0.265 e. The number of anilines is 1. The van der Waals surface area contributed by atoms with Crippen LogP contribution in [0, 0.1) is 0 Å². The van der Waals surface area contributed by atoms with Gasteiger partial charge in [-0.25, -0.2) is 0 Å². The smallest absolute Gasteiger partial charge is 0.265 e. The standard InChI is InChI=1S/C15H15BrN4O3/c16-9-2-3-10-11(6-9)22-8-13(21)20(10)7-12-18-14(19-23-12)15(17)4-1-5-15/h2-3,6H,1,4-5,7-8,17H2. The van der Waals surface area contributed by atoms with Gasteiger partial charge in [0.2, 0.25) is 5.89 Å². The van der Waals surface area contributed by atoms with Gasteiger partial charge in [-0.05, 0) is 37.5 Å². The topological polar surface area (TPSA) is 94.5 Å². The molecule has 2 aliphatic rings. The second-order valence-corrected chi connectivity index (χ2v) is 6.82. The maximum atomic E-state index is 12.2. The Morgan fingerprint density at radius 3 is 2.96 bits per heavy atom. The van der Waals surface area contributed by atoms with E-state index in [9.17, 15) is 4.79 Å². The first-order valence-electron chi connectivity index (χ1n) is 7.40. The first-order valence-corrected chi connectivity index (χ1v) is 8.19. The maximum absolute atomic E-state index is 12.2. The van der Waals surface area contributed by atoms with Gasteiger partial charge in [0, 0.05) is 4.47 Å². The lowest BCUT2D eigenvalue weighted by Crippen LogP contribution is -2.44. The highest BCUT2D eigenvalue weighted by atomic mass is 79.9. The van der Waals surface area contributed by atoms with Gasteiger partial charge in [-0.3, -0.25) is 9.69 Å². The number of aromatic nitrogens is 2. The summed E-state index contributed by atoms with van der Waals surface area (Å²) in [7, 11) is 0. The number of benzene rings is 1. The summed E-state index contributed by atoms with van der Waals surface area (Å²) < 4.78 is 11.6. The third kappa shape index (κ3) is 2.51. The Labute approximate surface area is 140 Å². The van der Waals surface area contributed by atoms with E-state index >= 15 is 0 Å². The summed E-state index contributed by atoms with van der Waals surface area (Å²) in [5.41, 5.74) is 6.42. The molecule has 2 N–H and O–H groups in total. The molecule has 1 saturated carbocycles. The van der Waals surface area contributed by atoms with Crippen LogP contribution in [0.15, 0.2) is 27.2 Å². The van der Waals surface area contributed by atoms with Crippen molar-refractivity contribution in [1.82, 2.24) is 10.1 Å². The molecule has 0 spiro atoms. The summed E-state index contributed by atoms with van der Waals surface area (Å²) in [6.45, 7) is 0.200. The van der Waals surface area contributed by atoms with Crippen LogP contribution >= 0.6 is 15.9 Å². The first-order chi connectivity index (χ1) is 11.0. The number of amides is 1. The molecule has 1 aliphatic carbocycles. The zero-order valence-electron chi connectivity index (χ0n) is 12.3. The minimum absolute atomic E-state index is 0.00866. The number of carbonyl (C=O) groups excluding carboxylic acids is 1. The second kappa shape index (κ2) is 5.31. The summed E-state index contributed by atoms with van der Waals surface area (Å²) in [5.74, 6) is 1.40. The van der Waals surface area contributed by atoms with Gasteiger partial charge in [0.15, 0.2) is 12.4 Å². The van der Waals surface area contributed by atoms with Gasteiger partial charge in [0.05, 0.1) is 11.2 Å². The van der Waals surface area contributed by atoms with Crippen molar-refractivity contribution in [3.8, 4) is 5.75 Å². The van der Waals surface area contributed by atoms with Crippen LogP contribution in [0.3, 0.4) is 0 Å². The van der Waals surface area contributed by atoms with Gasteiger partial charge in [0.25, 0.3) is 5.91 Å². The van der Waals surface area contributed by atoms with E-state index in [1.54, 1.807) is 4.90 Å². The lowest BCUT2D eigenvalue weighted by molar-refractivity contribution is -0.121. The predicted octanol–water partition coefficient (Wildman–Crippen LogP) is 2.10. The summed E-state index contributed by atoms with van der Waals surface area (Å²) in [6, 6.07) is 5.51. The first kappa shape index (κ1) is 14.6. The van der Waals surface area contributed by atoms with Crippen molar-refractivity contribution in [1.29, 1.82) is 0 Å². The number of rotatable bonds is 3. The molecule has 0 atom stereocenters. The Bertz CT molecular complexity index is 772. The molecule has 1 amide bonds. The van der Waals surface area contributed by atoms with Gasteiger partial charge in [-0.1, -0.05) is 21.1 Å². The van der Waals surface area contributed by atoms with Crippen molar-refractivity contribution in [2.45, 2.75) is 31.3 Å². The van der Waals surface area contributed by atoms with Crippen molar-refractivity contribution in [2.75, 3.05) is 11.5 Å². The molecule has 7 nitrogen and oxygen atoms in total. The normalized spacial score (nSPS) is 19.0. The fraction of sp³-hybridized carbons (Fsp3) is 0.400. The zero-order valence-corrected chi connectivity index (χ0v) is 13.9. The lowest BCUT2D eigenvalue weighted by Gasteiger charge is -2.34. The summed E-state index contributed by atoms with van der Waals surface area (Å²) in [5, 5.41) is 3.98. The second-order valence-electron chi connectivity index (χ2n) is 5.90. The van der Waals surface area contributed by atoms with Gasteiger partial charge >= 0.3 is 0 Å². The number of halogens is 1. The molecule has 1 aromatic heterocycles. The highest BCUT2D eigenvalue weighted by Crippen LogP contribution is 2.38. The fourth-order valence-electron chi connectivity index (χ4n) is 2.79. The molecule has 1 aromatic carbocycles. The molecule has 1 fully saturated rings. The quantitative estimate of drug-likeness (QED) is 0.878. The van der Waals surface area contributed by atoms with E-state index in [0.29, 0.717) is 23.2 Å². The van der Waals surface area contributed by atoms with E-state index in [0.717, 1.165) is 23.7 Å². The Kier molecular flexibility index (Phi) is 3.38. The summed E-state index contributed by atoms with van der Waals surface area (Å²) in [4.78, 5) is 18.2. The average molecular weight is 379 g/mol. The van der Waals surface area contributed by atoms with E-state index < -0.39 is 5.54 Å². The Morgan fingerprint density at radius 2 is 2.22 bits per heavy atom. The molecule has 23 heavy (non-hydrogen) atoms. The number of nitrogens with two attached hydrogens (primary N) is 1. The van der Waals surface area contributed by atoms with E-state index in [1.165, 1.54) is 0 Å². The van der Waals surface area contributed by atoms with Crippen molar-refractivity contribution in [3.05, 3.63) is 34.4 Å². The van der Waals surface area contributed by atoms with E-state index in [2.05, 4.69) is 26.1 Å². The van der Waals surface area contributed by atoms with Crippen molar-refractivity contribution in [3.63, 3.8) is 0 Å². The molecule has 2 heterocycles. The molecule has 120 valence electrons. The van der Waals surface area contributed by atoms with Gasteiger partial charge in [-0.15, -0.1) is 0 Å². The predicted molar refractivity (Wildman–Crippen MR) is 84.8 cm³/mol. The third-order valence-corrected chi connectivity index (χ3v) is 4.81.